The number of aliphatic imine (C=N–C) groups is 1. The summed E-state index contributed by atoms with van der Waals surface area (Å²) in [6.45, 7) is 12.4. The molecule has 1 rings (SSSR count). The van der Waals surface area contributed by atoms with E-state index in [0.717, 1.165) is 19.4 Å². The van der Waals surface area contributed by atoms with E-state index >= 15 is 0 Å². The van der Waals surface area contributed by atoms with Gasteiger partial charge in [0.15, 0.2) is 0 Å². The third-order valence-electron chi connectivity index (χ3n) is 5.29. The van der Waals surface area contributed by atoms with Crippen LogP contribution in [0.3, 0.4) is 0 Å². The fourth-order valence-corrected chi connectivity index (χ4v) is 3.73. The van der Waals surface area contributed by atoms with E-state index in [2.05, 4.69) is 63.8 Å². The fourth-order valence-electron chi connectivity index (χ4n) is 3.73. The van der Waals surface area contributed by atoms with Gasteiger partial charge in [-0.2, -0.15) is 0 Å². The van der Waals surface area contributed by atoms with Crippen molar-refractivity contribution in [2.75, 3.05) is 6.54 Å². The van der Waals surface area contributed by atoms with Gasteiger partial charge in [-0.05, 0) is 66.2 Å². The van der Waals surface area contributed by atoms with Crippen molar-refractivity contribution in [1.29, 1.82) is 0 Å². The van der Waals surface area contributed by atoms with Gasteiger partial charge in [0.05, 0.1) is 11.4 Å². The summed E-state index contributed by atoms with van der Waals surface area (Å²) in [5, 5.41) is 0. The average Bonchev–Trinajstić information content (AvgIpc) is 2.93. The van der Waals surface area contributed by atoms with Gasteiger partial charge in [-0.1, -0.05) is 63.3 Å². The molecule has 1 aliphatic heterocycles. The predicted molar refractivity (Wildman–Crippen MR) is 123 cm³/mol. The lowest BCUT2D eigenvalue weighted by Gasteiger charge is -2.26. The number of amidine groups is 1. The molecule has 0 aromatic heterocycles. The molecule has 0 fully saturated rings. The van der Waals surface area contributed by atoms with E-state index in [-0.39, 0.29) is 5.54 Å². The van der Waals surface area contributed by atoms with Crippen molar-refractivity contribution in [2.45, 2.75) is 123 Å². The lowest BCUT2D eigenvalue weighted by molar-refractivity contribution is 0.320. The molecule has 2 heteroatoms. The maximum Gasteiger partial charge on any atom is 0.0999 e. The van der Waals surface area contributed by atoms with Crippen LogP contribution in [0.2, 0.25) is 0 Å². The highest BCUT2D eigenvalue weighted by molar-refractivity contribution is 5.84. The lowest BCUT2D eigenvalue weighted by atomic mass is 10.1. The van der Waals surface area contributed by atoms with Crippen molar-refractivity contribution in [3.05, 3.63) is 24.3 Å². The van der Waals surface area contributed by atoms with Gasteiger partial charge in [0.2, 0.25) is 0 Å². The molecule has 0 N–H and O–H groups in total. The summed E-state index contributed by atoms with van der Waals surface area (Å²) in [4.78, 5) is 7.46. The second-order valence-corrected chi connectivity index (χ2v) is 9.04. The van der Waals surface area contributed by atoms with Gasteiger partial charge in [-0.25, -0.2) is 0 Å². The second-order valence-electron chi connectivity index (χ2n) is 9.04. The van der Waals surface area contributed by atoms with Crippen LogP contribution in [0.15, 0.2) is 29.3 Å². The number of hydrogen-bond donors (Lipinski definition) is 0. The van der Waals surface area contributed by atoms with Crippen LogP contribution in [-0.4, -0.2) is 28.9 Å². The summed E-state index contributed by atoms with van der Waals surface area (Å²) < 4.78 is 0. The van der Waals surface area contributed by atoms with Crippen LogP contribution >= 0.6 is 0 Å². The SMILES string of the molecule is CCCCC/C=C\C/C=C\CCCCCCCC1=NC(C)(C)CN1C(C)C. The maximum atomic E-state index is 4.95. The molecule has 0 saturated carbocycles. The van der Waals surface area contributed by atoms with Gasteiger partial charge >= 0.3 is 0 Å². The Labute approximate surface area is 170 Å². The smallest absolute Gasteiger partial charge is 0.0999 e. The Balaban J connectivity index is 1.99. The van der Waals surface area contributed by atoms with Crippen LogP contribution in [0.25, 0.3) is 0 Å². The first-order chi connectivity index (χ1) is 13.0. The first-order valence-electron chi connectivity index (χ1n) is 11.6. The molecule has 0 spiro atoms. The number of rotatable bonds is 15. The minimum absolute atomic E-state index is 0.108. The Hall–Kier alpha value is -1.05. The van der Waals surface area contributed by atoms with Crippen molar-refractivity contribution >= 4 is 5.84 Å². The van der Waals surface area contributed by atoms with Crippen LogP contribution < -0.4 is 0 Å². The van der Waals surface area contributed by atoms with Gasteiger partial charge < -0.3 is 4.90 Å². The van der Waals surface area contributed by atoms with E-state index in [9.17, 15) is 0 Å². The number of nitrogens with zero attached hydrogens (tertiary/aromatic N) is 2. The zero-order valence-corrected chi connectivity index (χ0v) is 19.0. The average molecular weight is 375 g/mol. The predicted octanol–water partition coefficient (Wildman–Crippen LogP) is 7.70. The fraction of sp³-hybridized carbons (Fsp3) is 0.800. The van der Waals surface area contributed by atoms with Gasteiger partial charge in [0.1, 0.15) is 0 Å². The third-order valence-corrected chi connectivity index (χ3v) is 5.29. The summed E-state index contributed by atoms with van der Waals surface area (Å²) in [6.07, 6.45) is 24.8. The Morgan fingerprint density at radius 2 is 1.48 bits per heavy atom. The molecule has 0 radical (unpaired) electrons. The normalized spacial score (nSPS) is 17.0. The number of allylic oxidation sites excluding steroid dienone is 4. The van der Waals surface area contributed by atoms with Crippen molar-refractivity contribution in [3.8, 4) is 0 Å². The van der Waals surface area contributed by atoms with E-state index in [0.29, 0.717) is 6.04 Å². The minimum atomic E-state index is 0.108. The number of unbranched alkanes of at least 4 members (excludes halogenated alkanes) is 8. The first kappa shape index (κ1) is 24.0. The Morgan fingerprint density at radius 1 is 0.889 bits per heavy atom. The van der Waals surface area contributed by atoms with E-state index in [1.54, 1.807) is 0 Å². The first-order valence-corrected chi connectivity index (χ1v) is 11.6. The van der Waals surface area contributed by atoms with E-state index in [1.807, 2.05) is 0 Å². The van der Waals surface area contributed by atoms with E-state index < -0.39 is 0 Å². The molecular weight excluding hydrogens is 328 g/mol. The lowest BCUT2D eigenvalue weighted by Crippen LogP contribution is -2.37. The Kier molecular flexibility index (Phi) is 12.5. The Bertz CT molecular complexity index is 457. The van der Waals surface area contributed by atoms with Gasteiger partial charge in [0.25, 0.3) is 0 Å². The topological polar surface area (TPSA) is 15.6 Å². The summed E-state index contributed by atoms with van der Waals surface area (Å²) in [5.41, 5.74) is 0.108. The standard InChI is InChI=1S/C25H46N2/c1-6-7-8-9-10-11-12-13-14-15-16-17-18-19-20-21-24-26-25(4,5)22-27(24)23(2)3/h10-11,13-14,23H,6-9,12,15-22H2,1-5H3/b11-10-,14-13-. The maximum absolute atomic E-state index is 4.95. The van der Waals surface area contributed by atoms with Crippen molar-refractivity contribution in [2.24, 2.45) is 4.99 Å². The summed E-state index contributed by atoms with van der Waals surface area (Å²) >= 11 is 0. The highest BCUT2D eigenvalue weighted by atomic mass is 15.3. The molecule has 0 amide bonds. The second kappa shape index (κ2) is 14.0. The molecule has 2 nitrogen and oxygen atoms in total. The largest absolute Gasteiger partial charge is 0.356 e. The quantitative estimate of drug-likeness (QED) is 0.212. The molecule has 0 aromatic rings. The van der Waals surface area contributed by atoms with Crippen LogP contribution in [-0.2, 0) is 0 Å². The minimum Gasteiger partial charge on any atom is -0.356 e. The zero-order chi connectivity index (χ0) is 20.0. The van der Waals surface area contributed by atoms with Gasteiger partial charge in [-0.15, -0.1) is 0 Å². The molecule has 0 saturated heterocycles. The van der Waals surface area contributed by atoms with Crippen molar-refractivity contribution in [1.82, 2.24) is 4.90 Å². The monoisotopic (exact) mass is 374 g/mol. The molecule has 156 valence electrons. The summed E-state index contributed by atoms with van der Waals surface area (Å²) in [7, 11) is 0. The molecule has 27 heavy (non-hydrogen) atoms. The van der Waals surface area contributed by atoms with Crippen molar-refractivity contribution < 1.29 is 0 Å². The molecule has 1 heterocycles. The van der Waals surface area contributed by atoms with Gasteiger partial charge in [0, 0.05) is 19.0 Å². The summed E-state index contributed by atoms with van der Waals surface area (Å²) in [6, 6.07) is 0.573. The number of hydrogen-bond acceptors (Lipinski definition) is 2. The van der Waals surface area contributed by atoms with E-state index in [1.165, 1.54) is 70.0 Å². The third kappa shape index (κ3) is 11.4. The Morgan fingerprint density at radius 3 is 2.11 bits per heavy atom. The molecular formula is C25H46N2. The highest BCUT2D eigenvalue weighted by Crippen LogP contribution is 2.24. The highest BCUT2D eigenvalue weighted by Gasteiger charge is 2.31. The van der Waals surface area contributed by atoms with Crippen LogP contribution in [0.4, 0.5) is 0 Å². The van der Waals surface area contributed by atoms with Crippen LogP contribution in [0, 0.1) is 0 Å². The zero-order valence-electron chi connectivity index (χ0n) is 19.0. The molecule has 0 aliphatic carbocycles. The molecule has 0 unspecified atom stereocenters. The van der Waals surface area contributed by atoms with Crippen LogP contribution in [0.5, 0.6) is 0 Å². The summed E-state index contributed by atoms with van der Waals surface area (Å²) in [5.74, 6) is 1.35. The van der Waals surface area contributed by atoms with E-state index in [4.69, 9.17) is 4.99 Å². The molecule has 0 bridgehead atoms. The molecule has 0 aromatic carbocycles. The van der Waals surface area contributed by atoms with Gasteiger partial charge in [-0.3, -0.25) is 4.99 Å². The van der Waals surface area contributed by atoms with Crippen molar-refractivity contribution in [3.63, 3.8) is 0 Å². The molecule has 0 atom stereocenters. The molecule has 1 aliphatic rings. The van der Waals surface area contributed by atoms with Crippen LogP contribution in [0.1, 0.15) is 112 Å².